The van der Waals surface area contributed by atoms with Crippen LogP contribution in [0.1, 0.15) is 11.3 Å². The molecule has 0 aliphatic heterocycles. The molecule has 1 nitrogen and oxygen atoms in total. The number of thiol groups is 1. The van der Waals surface area contributed by atoms with Gasteiger partial charge in [-0.25, -0.2) is 0 Å². The fourth-order valence-corrected chi connectivity index (χ4v) is 1.50. The molecule has 1 aromatic carbocycles. The third-order valence-corrected chi connectivity index (χ3v) is 2.37. The van der Waals surface area contributed by atoms with E-state index >= 15 is 0 Å². The predicted molar refractivity (Wildman–Crippen MR) is 55.2 cm³/mol. The van der Waals surface area contributed by atoms with Crippen LogP contribution in [-0.4, -0.2) is 0 Å². The van der Waals surface area contributed by atoms with Crippen LogP contribution in [0.2, 0.25) is 0 Å². The fourth-order valence-electron chi connectivity index (χ4n) is 1.26. The standard InChI is InChI=1S/C11H10OS/c13-11-6-2-1-4-9(11)8-10-5-3-7-12-10/h1-7,13H,8H2. The first kappa shape index (κ1) is 8.45. The normalized spacial score (nSPS) is 10.2. The number of rotatable bonds is 2. The minimum atomic E-state index is 0.812. The number of hydrogen-bond donors (Lipinski definition) is 1. The Morgan fingerprint density at radius 1 is 1.08 bits per heavy atom. The lowest BCUT2D eigenvalue weighted by Crippen LogP contribution is -1.86. The van der Waals surface area contributed by atoms with Crippen LogP contribution >= 0.6 is 12.6 Å². The van der Waals surface area contributed by atoms with Gasteiger partial charge in [-0.2, -0.15) is 0 Å². The van der Waals surface area contributed by atoms with E-state index in [9.17, 15) is 0 Å². The second-order valence-corrected chi connectivity index (χ2v) is 3.37. The van der Waals surface area contributed by atoms with Gasteiger partial charge < -0.3 is 4.42 Å². The van der Waals surface area contributed by atoms with E-state index in [0.29, 0.717) is 0 Å². The molecule has 0 bridgehead atoms. The van der Waals surface area contributed by atoms with Gasteiger partial charge in [-0.3, -0.25) is 0 Å². The Bertz CT molecular complexity index is 379. The van der Waals surface area contributed by atoms with Crippen molar-refractivity contribution in [2.24, 2.45) is 0 Å². The highest BCUT2D eigenvalue weighted by Crippen LogP contribution is 2.17. The van der Waals surface area contributed by atoms with E-state index < -0.39 is 0 Å². The summed E-state index contributed by atoms with van der Waals surface area (Å²) in [5.74, 6) is 0.974. The molecule has 2 aromatic rings. The lowest BCUT2D eigenvalue weighted by molar-refractivity contribution is 0.520. The maximum Gasteiger partial charge on any atom is 0.108 e. The quantitative estimate of drug-likeness (QED) is 0.718. The van der Waals surface area contributed by atoms with Crippen LogP contribution in [0, 0.1) is 0 Å². The second kappa shape index (κ2) is 3.71. The van der Waals surface area contributed by atoms with Crippen LogP contribution in [0.25, 0.3) is 0 Å². The minimum Gasteiger partial charge on any atom is -0.469 e. The molecular weight excluding hydrogens is 180 g/mol. The third-order valence-electron chi connectivity index (χ3n) is 1.94. The first-order valence-electron chi connectivity index (χ1n) is 4.15. The Labute approximate surface area is 82.8 Å². The van der Waals surface area contributed by atoms with Gasteiger partial charge in [0.25, 0.3) is 0 Å². The molecule has 0 unspecified atom stereocenters. The number of furan rings is 1. The zero-order valence-corrected chi connectivity index (χ0v) is 8.00. The summed E-state index contributed by atoms with van der Waals surface area (Å²) in [6.07, 6.45) is 2.50. The van der Waals surface area contributed by atoms with Crippen LogP contribution in [-0.2, 0) is 6.42 Å². The summed E-state index contributed by atoms with van der Waals surface area (Å²) in [7, 11) is 0. The molecule has 66 valence electrons. The van der Waals surface area contributed by atoms with Crippen molar-refractivity contribution < 1.29 is 4.42 Å². The van der Waals surface area contributed by atoms with Gasteiger partial charge in [-0.1, -0.05) is 18.2 Å². The average molecular weight is 190 g/mol. The molecular formula is C11H10OS. The van der Waals surface area contributed by atoms with E-state index in [0.717, 1.165) is 17.1 Å². The van der Waals surface area contributed by atoms with Crippen LogP contribution < -0.4 is 0 Å². The summed E-state index contributed by atoms with van der Waals surface area (Å²) >= 11 is 4.37. The second-order valence-electron chi connectivity index (χ2n) is 2.88. The Kier molecular flexibility index (Phi) is 2.41. The van der Waals surface area contributed by atoms with E-state index in [-0.39, 0.29) is 0 Å². The van der Waals surface area contributed by atoms with Gasteiger partial charge in [-0.15, -0.1) is 12.6 Å². The van der Waals surface area contributed by atoms with Crippen molar-refractivity contribution in [3.8, 4) is 0 Å². The van der Waals surface area contributed by atoms with Crippen LogP contribution in [0.3, 0.4) is 0 Å². The molecule has 0 saturated heterocycles. The zero-order chi connectivity index (χ0) is 9.10. The summed E-state index contributed by atoms with van der Waals surface area (Å²) in [5, 5.41) is 0. The van der Waals surface area contributed by atoms with E-state index in [1.165, 1.54) is 5.56 Å². The maximum absolute atomic E-state index is 5.26. The molecule has 0 saturated carbocycles. The van der Waals surface area contributed by atoms with Gasteiger partial charge in [-0.05, 0) is 23.8 Å². The molecule has 0 amide bonds. The number of hydrogen-bond acceptors (Lipinski definition) is 2. The van der Waals surface area contributed by atoms with Crippen molar-refractivity contribution >= 4 is 12.6 Å². The highest BCUT2D eigenvalue weighted by molar-refractivity contribution is 7.80. The summed E-state index contributed by atoms with van der Waals surface area (Å²) in [4.78, 5) is 1.01. The van der Waals surface area contributed by atoms with Crippen molar-refractivity contribution in [2.45, 2.75) is 11.3 Å². The van der Waals surface area contributed by atoms with Crippen molar-refractivity contribution in [3.63, 3.8) is 0 Å². The fraction of sp³-hybridized carbons (Fsp3) is 0.0909. The molecule has 2 heteroatoms. The molecule has 13 heavy (non-hydrogen) atoms. The SMILES string of the molecule is Sc1ccccc1Cc1ccco1. The van der Waals surface area contributed by atoms with E-state index in [4.69, 9.17) is 4.42 Å². The van der Waals surface area contributed by atoms with Gasteiger partial charge in [0.1, 0.15) is 5.76 Å². The Balaban J connectivity index is 2.24. The molecule has 1 heterocycles. The van der Waals surface area contributed by atoms with E-state index in [1.807, 2.05) is 30.3 Å². The zero-order valence-electron chi connectivity index (χ0n) is 7.10. The highest BCUT2D eigenvalue weighted by Gasteiger charge is 2.00. The minimum absolute atomic E-state index is 0.812. The van der Waals surface area contributed by atoms with E-state index in [1.54, 1.807) is 6.26 Å². The Hall–Kier alpha value is -1.15. The molecule has 2 rings (SSSR count). The van der Waals surface area contributed by atoms with E-state index in [2.05, 4.69) is 18.7 Å². The summed E-state index contributed by atoms with van der Waals surface area (Å²) < 4.78 is 5.26. The molecule has 0 fully saturated rings. The topological polar surface area (TPSA) is 13.1 Å². The van der Waals surface area contributed by atoms with Crippen LogP contribution in [0.15, 0.2) is 52.0 Å². The monoisotopic (exact) mass is 190 g/mol. The van der Waals surface area contributed by atoms with Crippen molar-refractivity contribution in [1.29, 1.82) is 0 Å². The largest absolute Gasteiger partial charge is 0.469 e. The molecule has 0 aliphatic carbocycles. The smallest absolute Gasteiger partial charge is 0.108 e. The van der Waals surface area contributed by atoms with Crippen molar-refractivity contribution in [2.75, 3.05) is 0 Å². The first-order chi connectivity index (χ1) is 6.36. The molecule has 0 radical (unpaired) electrons. The molecule has 0 spiro atoms. The van der Waals surface area contributed by atoms with Gasteiger partial charge in [0.05, 0.1) is 6.26 Å². The van der Waals surface area contributed by atoms with Crippen LogP contribution in [0.4, 0.5) is 0 Å². The molecule has 0 N–H and O–H groups in total. The summed E-state index contributed by atoms with van der Waals surface area (Å²) in [6.45, 7) is 0. The Morgan fingerprint density at radius 2 is 1.92 bits per heavy atom. The van der Waals surface area contributed by atoms with Gasteiger partial charge in [0, 0.05) is 11.3 Å². The summed E-state index contributed by atoms with van der Waals surface area (Å²) in [6, 6.07) is 11.9. The number of benzene rings is 1. The first-order valence-corrected chi connectivity index (χ1v) is 4.60. The third kappa shape index (κ3) is 1.95. The molecule has 1 aromatic heterocycles. The molecule has 0 atom stereocenters. The lowest BCUT2D eigenvalue weighted by atomic mass is 10.1. The molecule has 0 aliphatic rings. The van der Waals surface area contributed by atoms with Crippen molar-refractivity contribution in [3.05, 3.63) is 54.0 Å². The van der Waals surface area contributed by atoms with Crippen LogP contribution in [0.5, 0.6) is 0 Å². The summed E-state index contributed by atoms with van der Waals surface area (Å²) in [5.41, 5.74) is 1.20. The highest BCUT2D eigenvalue weighted by atomic mass is 32.1. The van der Waals surface area contributed by atoms with Crippen molar-refractivity contribution in [1.82, 2.24) is 0 Å². The lowest BCUT2D eigenvalue weighted by Gasteiger charge is -2.01. The predicted octanol–water partition coefficient (Wildman–Crippen LogP) is 3.16. The van der Waals surface area contributed by atoms with Gasteiger partial charge in [0.2, 0.25) is 0 Å². The Morgan fingerprint density at radius 3 is 2.62 bits per heavy atom. The average Bonchev–Trinajstić information content (AvgIpc) is 2.61. The van der Waals surface area contributed by atoms with Gasteiger partial charge >= 0.3 is 0 Å². The maximum atomic E-state index is 5.26. The van der Waals surface area contributed by atoms with Gasteiger partial charge in [0.15, 0.2) is 0 Å².